The molecule has 8 nitrogen and oxygen atoms in total. The van der Waals surface area contributed by atoms with Gasteiger partial charge in [0, 0.05) is 25.7 Å². The molecule has 0 bridgehead atoms. The maximum atomic E-state index is 12.9. The van der Waals surface area contributed by atoms with Crippen LogP contribution in [0.4, 0.5) is 0 Å². The number of ether oxygens (including phenoxy) is 4. The molecular formula is C20H23ClN2O6S. The van der Waals surface area contributed by atoms with Crippen LogP contribution in [0.3, 0.4) is 0 Å². The average Bonchev–Trinajstić information content (AvgIpc) is 3.22. The summed E-state index contributed by atoms with van der Waals surface area (Å²) in [6, 6.07) is 9.89. The molecule has 2 aliphatic heterocycles. The van der Waals surface area contributed by atoms with Crippen molar-refractivity contribution in [3.8, 4) is 17.2 Å². The van der Waals surface area contributed by atoms with Crippen molar-refractivity contribution in [2.45, 2.75) is 10.9 Å². The summed E-state index contributed by atoms with van der Waals surface area (Å²) in [7, 11) is -2.29. The van der Waals surface area contributed by atoms with Crippen LogP contribution in [-0.4, -0.2) is 60.1 Å². The molecule has 0 saturated carbocycles. The number of nitrogens with one attached hydrogen (secondary N) is 1. The van der Waals surface area contributed by atoms with Gasteiger partial charge < -0.3 is 18.9 Å². The van der Waals surface area contributed by atoms with Gasteiger partial charge in [-0.1, -0.05) is 17.7 Å². The van der Waals surface area contributed by atoms with E-state index in [1.807, 2.05) is 18.2 Å². The third kappa shape index (κ3) is 4.50. The summed E-state index contributed by atoms with van der Waals surface area (Å²) in [5.74, 6) is 1.77. The lowest BCUT2D eigenvalue weighted by Crippen LogP contribution is -2.43. The highest BCUT2D eigenvalue weighted by Gasteiger charge is 2.27. The molecule has 0 unspecified atom stereocenters. The molecule has 0 spiro atoms. The van der Waals surface area contributed by atoms with E-state index in [0.717, 1.165) is 5.56 Å². The second kappa shape index (κ2) is 8.99. The fourth-order valence-corrected chi connectivity index (χ4v) is 4.94. The molecule has 162 valence electrons. The normalized spacial score (nSPS) is 17.7. The SMILES string of the molecule is COc1ccc(S(=O)(=O)NC[C@@H](c2ccc3c(c2)OCO3)N2CCOCC2)cc1Cl. The molecule has 1 saturated heterocycles. The predicted octanol–water partition coefficient (Wildman–Crippen LogP) is 2.43. The molecular weight excluding hydrogens is 432 g/mol. The lowest BCUT2D eigenvalue weighted by atomic mass is 10.0. The van der Waals surface area contributed by atoms with Crippen LogP contribution in [0.5, 0.6) is 17.2 Å². The second-order valence-electron chi connectivity index (χ2n) is 6.93. The van der Waals surface area contributed by atoms with Crippen molar-refractivity contribution in [3.05, 3.63) is 47.0 Å². The van der Waals surface area contributed by atoms with Crippen molar-refractivity contribution in [3.63, 3.8) is 0 Å². The van der Waals surface area contributed by atoms with Crippen LogP contribution in [0.25, 0.3) is 0 Å². The minimum atomic E-state index is -3.76. The molecule has 10 heteroatoms. The Bertz CT molecular complexity index is 1010. The van der Waals surface area contributed by atoms with Gasteiger partial charge in [-0.15, -0.1) is 0 Å². The van der Waals surface area contributed by atoms with Crippen molar-refractivity contribution in [1.29, 1.82) is 0 Å². The smallest absolute Gasteiger partial charge is 0.240 e. The molecule has 0 radical (unpaired) electrons. The maximum absolute atomic E-state index is 12.9. The Morgan fingerprint density at radius 3 is 2.63 bits per heavy atom. The highest BCUT2D eigenvalue weighted by molar-refractivity contribution is 7.89. The number of sulfonamides is 1. The Labute approximate surface area is 180 Å². The number of halogens is 1. The van der Waals surface area contributed by atoms with E-state index < -0.39 is 10.0 Å². The van der Waals surface area contributed by atoms with Gasteiger partial charge in [0.25, 0.3) is 0 Å². The Morgan fingerprint density at radius 1 is 1.13 bits per heavy atom. The minimum Gasteiger partial charge on any atom is -0.495 e. The molecule has 1 N–H and O–H groups in total. The lowest BCUT2D eigenvalue weighted by Gasteiger charge is -2.35. The van der Waals surface area contributed by atoms with Crippen LogP contribution in [0.2, 0.25) is 5.02 Å². The molecule has 2 heterocycles. The van der Waals surface area contributed by atoms with Gasteiger partial charge >= 0.3 is 0 Å². The molecule has 1 fully saturated rings. The zero-order valence-electron chi connectivity index (χ0n) is 16.5. The number of rotatable bonds is 7. The Hall–Kier alpha value is -2.04. The molecule has 2 aromatic carbocycles. The van der Waals surface area contributed by atoms with Crippen molar-refractivity contribution >= 4 is 21.6 Å². The zero-order chi connectivity index (χ0) is 21.1. The Balaban J connectivity index is 1.56. The summed E-state index contributed by atoms with van der Waals surface area (Å²) in [5, 5.41) is 0.237. The van der Waals surface area contributed by atoms with Crippen LogP contribution in [0.1, 0.15) is 11.6 Å². The topological polar surface area (TPSA) is 86.3 Å². The third-order valence-corrected chi connectivity index (χ3v) is 6.88. The molecule has 0 aliphatic carbocycles. The van der Waals surface area contributed by atoms with E-state index in [4.69, 9.17) is 30.5 Å². The summed E-state index contributed by atoms with van der Waals surface area (Å²) < 4.78 is 49.9. The van der Waals surface area contributed by atoms with Gasteiger partial charge in [-0.25, -0.2) is 13.1 Å². The predicted molar refractivity (Wildman–Crippen MR) is 111 cm³/mol. The fraction of sp³-hybridized carbons (Fsp3) is 0.400. The van der Waals surface area contributed by atoms with Gasteiger partial charge in [0.1, 0.15) is 5.75 Å². The largest absolute Gasteiger partial charge is 0.495 e. The first-order valence-electron chi connectivity index (χ1n) is 9.52. The summed E-state index contributed by atoms with van der Waals surface area (Å²) >= 11 is 6.10. The zero-order valence-corrected chi connectivity index (χ0v) is 18.0. The average molecular weight is 455 g/mol. The van der Waals surface area contributed by atoms with Gasteiger partial charge in [-0.05, 0) is 35.9 Å². The number of benzene rings is 2. The second-order valence-corrected chi connectivity index (χ2v) is 9.10. The molecule has 0 amide bonds. The van der Waals surface area contributed by atoms with E-state index in [9.17, 15) is 8.42 Å². The number of morpholine rings is 1. The van der Waals surface area contributed by atoms with Crippen molar-refractivity contribution in [2.24, 2.45) is 0 Å². The van der Waals surface area contributed by atoms with Crippen molar-refractivity contribution in [2.75, 3.05) is 46.8 Å². The number of hydrogen-bond acceptors (Lipinski definition) is 7. The Kier molecular flexibility index (Phi) is 6.35. The molecule has 1 atom stereocenters. The fourth-order valence-electron chi connectivity index (χ4n) is 3.55. The van der Waals surface area contributed by atoms with E-state index in [0.29, 0.717) is 43.6 Å². The monoisotopic (exact) mass is 454 g/mol. The van der Waals surface area contributed by atoms with Crippen LogP contribution in [0.15, 0.2) is 41.3 Å². The quantitative estimate of drug-likeness (QED) is 0.687. The van der Waals surface area contributed by atoms with Crippen LogP contribution in [0, 0.1) is 0 Å². The number of methoxy groups -OCH3 is 1. The molecule has 0 aromatic heterocycles. The van der Waals surface area contributed by atoms with E-state index >= 15 is 0 Å². The maximum Gasteiger partial charge on any atom is 0.240 e. The molecule has 2 aliphatic rings. The number of fused-ring (bicyclic) bond motifs is 1. The third-order valence-electron chi connectivity index (χ3n) is 5.17. The van der Waals surface area contributed by atoms with Gasteiger partial charge in [0.05, 0.1) is 30.2 Å². The minimum absolute atomic E-state index is 0.0831. The molecule has 2 aromatic rings. The van der Waals surface area contributed by atoms with Gasteiger partial charge in [-0.3, -0.25) is 4.90 Å². The highest BCUT2D eigenvalue weighted by Crippen LogP contribution is 2.35. The first-order chi connectivity index (χ1) is 14.5. The van der Waals surface area contributed by atoms with Gasteiger partial charge in [0.15, 0.2) is 11.5 Å². The van der Waals surface area contributed by atoms with E-state index in [-0.39, 0.29) is 29.3 Å². The summed E-state index contributed by atoms with van der Waals surface area (Å²) in [6.45, 7) is 2.98. The van der Waals surface area contributed by atoms with Crippen molar-refractivity contribution < 1.29 is 27.4 Å². The number of nitrogens with zero attached hydrogens (tertiary/aromatic N) is 1. The number of hydrogen-bond donors (Lipinski definition) is 1. The summed E-state index contributed by atoms with van der Waals surface area (Å²) in [4.78, 5) is 2.28. The van der Waals surface area contributed by atoms with Crippen LogP contribution in [-0.2, 0) is 14.8 Å². The van der Waals surface area contributed by atoms with Gasteiger partial charge in [0.2, 0.25) is 16.8 Å². The standard InChI is InChI=1S/C20H23ClN2O6S/c1-26-18-5-3-15(11-16(18)21)30(24,25)22-12-17(23-6-8-27-9-7-23)14-2-4-19-20(10-14)29-13-28-19/h2-5,10-11,17,22H,6-9,12-13H2,1H3/t17-/m0/s1. The van der Waals surface area contributed by atoms with E-state index in [1.165, 1.54) is 25.3 Å². The first-order valence-corrected chi connectivity index (χ1v) is 11.4. The van der Waals surface area contributed by atoms with Crippen LogP contribution < -0.4 is 18.9 Å². The van der Waals surface area contributed by atoms with E-state index in [1.54, 1.807) is 0 Å². The highest BCUT2D eigenvalue weighted by atomic mass is 35.5. The lowest BCUT2D eigenvalue weighted by molar-refractivity contribution is 0.0171. The van der Waals surface area contributed by atoms with Crippen LogP contribution >= 0.6 is 11.6 Å². The Morgan fingerprint density at radius 2 is 1.90 bits per heavy atom. The molecule has 4 rings (SSSR count). The van der Waals surface area contributed by atoms with E-state index in [2.05, 4.69) is 9.62 Å². The van der Waals surface area contributed by atoms with Crippen molar-refractivity contribution in [1.82, 2.24) is 9.62 Å². The van der Waals surface area contributed by atoms with Gasteiger partial charge in [-0.2, -0.15) is 0 Å². The molecule has 30 heavy (non-hydrogen) atoms. The first kappa shape index (κ1) is 21.2. The summed E-state index contributed by atoms with van der Waals surface area (Å²) in [6.07, 6.45) is 0. The summed E-state index contributed by atoms with van der Waals surface area (Å²) in [5.41, 5.74) is 0.941.